The summed E-state index contributed by atoms with van der Waals surface area (Å²) in [5.41, 5.74) is 2.93. The van der Waals surface area contributed by atoms with Gasteiger partial charge >= 0.3 is 5.82 Å². The number of aryl methyl sites for hydroxylation is 1. The van der Waals surface area contributed by atoms with E-state index in [4.69, 9.17) is 5.84 Å². The first-order chi connectivity index (χ1) is 9.42. The number of hydrazine groups is 1. The number of amides is 1. The van der Waals surface area contributed by atoms with Crippen molar-refractivity contribution in [2.75, 3.05) is 0 Å². The van der Waals surface area contributed by atoms with E-state index in [1.165, 1.54) is 22.2 Å². The van der Waals surface area contributed by atoms with Crippen LogP contribution in [0.15, 0.2) is 16.7 Å². The third-order valence-electron chi connectivity index (χ3n) is 2.58. The van der Waals surface area contributed by atoms with Crippen LogP contribution in [0.25, 0.3) is 0 Å². The highest BCUT2D eigenvalue weighted by Gasteiger charge is 2.20. The fourth-order valence-corrected chi connectivity index (χ4v) is 3.02. The van der Waals surface area contributed by atoms with Crippen molar-refractivity contribution in [2.24, 2.45) is 5.84 Å². The van der Waals surface area contributed by atoms with Gasteiger partial charge < -0.3 is 10.1 Å². The molecule has 0 spiro atoms. The normalized spacial score (nSPS) is 10.6. The standard InChI is InChI=1S/C10H10BrN5O3S/c1-5-6(2-8(20-5)10(17)13-12)3-15-4-7(11)9(14-15)16(18)19/h2,4H,3,12H2,1H3,(H,13,17). The fraction of sp³-hybridized carbons (Fsp3) is 0.200. The molecule has 0 radical (unpaired) electrons. The number of carbonyl (C=O) groups excluding carboxylic acids is 1. The fourth-order valence-electron chi connectivity index (χ4n) is 1.63. The molecule has 0 saturated carbocycles. The summed E-state index contributed by atoms with van der Waals surface area (Å²) in [4.78, 5) is 23.0. The van der Waals surface area contributed by atoms with Gasteiger partial charge in [0.1, 0.15) is 4.47 Å². The maximum Gasteiger partial charge on any atom is 0.404 e. The van der Waals surface area contributed by atoms with E-state index in [9.17, 15) is 14.9 Å². The number of nitrogens with two attached hydrogens (primary N) is 1. The topological polar surface area (TPSA) is 116 Å². The molecule has 2 rings (SSSR count). The van der Waals surface area contributed by atoms with Crippen molar-refractivity contribution in [3.63, 3.8) is 0 Å². The summed E-state index contributed by atoms with van der Waals surface area (Å²) in [6, 6.07) is 1.70. The van der Waals surface area contributed by atoms with Gasteiger partial charge in [0.2, 0.25) is 0 Å². The van der Waals surface area contributed by atoms with Gasteiger partial charge in [0.15, 0.2) is 0 Å². The second-order valence-electron chi connectivity index (χ2n) is 3.92. The number of nitrogens with one attached hydrogen (secondary N) is 1. The molecule has 2 heterocycles. The number of hydrogen-bond donors (Lipinski definition) is 2. The van der Waals surface area contributed by atoms with Crippen molar-refractivity contribution < 1.29 is 9.72 Å². The molecule has 0 unspecified atom stereocenters. The summed E-state index contributed by atoms with van der Waals surface area (Å²) in [5.74, 6) is 4.48. The third-order valence-corrected chi connectivity index (χ3v) is 4.23. The van der Waals surface area contributed by atoms with Crippen LogP contribution in [0.5, 0.6) is 0 Å². The predicted molar refractivity (Wildman–Crippen MR) is 76.4 cm³/mol. The monoisotopic (exact) mass is 359 g/mol. The molecule has 3 N–H and O–H groups in total. The van der Waals surface area contributed by atoms with Crippen LogP contribution in [0.3, 0.4) is 0 Å². The van der Waals surface area contributed by atoms with Crippen molar-refractivity contribution in [2.45, 2.75) is 13.5 Å². The third kappa shape index (κ3) is 2.86. The number of hydrogen-bond acceptors (Lipinski definition) is 6. The summed E-state index contributed by atoms with van der Waals surface area (Å²) in [7, 11) is 0. The lowest BCUT2D eigenvalue weighted by atomic mass is 10.2. The predicted octanol–water partition coefficient (Wildman–Crippen LogP) is 1.58. The Kier molecular flexibility index (Phi) is 4.16. The Morgan fingerprint density at radius 1 is 1.70 bits per heavy atom. The van der Waals surface area contributed by atoms with Crippen LogP contribution in [-0.4, -0.2) is 20.6 Å². The van der Waals surface area contributed by atoms with Gasteiger partial charge in [-0.05, 0) is 39.4 Å². The molecule has 0 aliphatic carbocycles. The zero-order valence-electron chi connectivity index (χ0n) is 10.3. The number of nitrogen functional groups attached to an aromatic ring is 1. The number of halogens is 1. The Bertz CT molecular complexity index is 680. The largest absolute Gasteiger partial charge is 0.404 e. The highest BCUT2D eigenvalue weighted by Crippen LogP contribution is 2.25. The van der Waals surface area contributed by atoms with Crippen LogP contribution < -0.4 is 11.3 Å². The minimum atomic E-state index is -0.561. The molecule has 0 aromatic carbocycles. The molecule has 20 heavy (non-hydrogen) atoms. The van der Waals surface area contributed by atoms with E-state index in [0.29, 0.717) is 15.9 Å². The summed E-state index contributed by atoms with van der Waals surface area (Å²) < 4.78 is 1.76. The van der Waals surface area contributed by atoms with Crippen molar-refractivity contribution in [3.8, 4) is 0 Å². The lowest BCUT2D eigenvalue weighted by Gasteiger charge is -1.95. The van der Waals surface area contributed by atoms with Gasteiger partial charge in [-0.15, -0.1) is 11.3 Å². The maximum atomic E-state index is 11.4. The molecule has 10 heteroatoms. The van der Waals surface area contributed by atoms with Crippen molar-refractivity contribution >= 4 is 39.0 Å². The Labute approximate surface area is 125 Å². The molecule has 1 amide bonds. The minimum absolute atomic E-state index is 0.238. The number of nitrogens with zero attached hydrogens (tertiary/aromatic N) is 3. The Morgan fingerprint density at radius 3 is 2.95 bits per heavy atom. The summed E-state index contributed by atoms with van der Waals surface area (Å²) in [5, 5.41) is 14.6. The van der Waals surface area contributed by atoms with Crippen molar-refractivity contribution in [1.29, 1.82) is 0 Å². The average molecular weight is 360 g/mol. The van der Waals surface area contributed by atoms with Gasteiger partial charge in [0, 0.05) is 4.88 Å². The number of thiophene rings is 1. The van der Waals surface area contributed by atoms with Crippen LogP contribution in [0.4, 0.5) is 5.82 Å². The molecular weight excluding hydrogens is 350 g/mol. The van der Waals surface area contributed by atoms with Crippen LogP contribution >= 0.6 is 27.3 Å². The summed E-state index contributed by atoms with van der Waals surface area (Å²) in [6.45, 7) is 2.20. The molecule has 0 bridgehead atoms. The van der Waals surface area contributed by atoms with Crippen molar-refractivity contribution in [1.82, 2.24) is 15.2 Å². The zero-order chi connectivity index (χ0) is 14.9. The molecular formula is C10H10BrN5O3S. The lowest BCUT2D eigenvalue weighted by Crippen LogP contribution is -2.29. The quantitative estimate of drug-likeness (QED) is 0.372. The molecule has 0 fully saturated rings. The first-order valence-electron chi connectivity index (χ1n) is 5.40. The summed E-state index contributed by atoms with van der Waals surface area (Å²) in [6.07, 6.45) is 1.53. The first kappa shape index (κ1) is 14.6. The van der Waals surface area contributed by atoms with E-state index in [2.05, 4.69) is 26.5 Å². The van der Waals surface area contributed by atoms with Crippen LogP contribution in [0, 0.1) is 17.0 Å². The highest BCUT2D eigenvalue weighted by molar-refractivity contribution is 9.10. The maximum absolute atomic E-state index is 11.4. The van der Waals surface area contributed by atoms with Gasteiger partial charge in [-0.2, -0.15) is 4.68 Å². The number of carbonyl (C=O) groups is 1. The van der Waals surface area contributed by atoms with E-state index in [-0.39, 0.29) is 11.7 Å². The highest BCUT2D eigenvalue weighted by atomic mass is 79.9. The van der Waals surface area contributed by atoms with Gasteiger partial charge in [0.05, 0.1) is 22.7 Å². The second-order valence-corrected chi connectivity index (χ2v) is 6.03. The lowest BCUT2D eigenvalue weighted by molar-refractivity contribution is -0.390. The Balaban J connectivity index is 2.26. The average Bonchev–Trinajstić information content (AvgIpc) is 2.93. The first-order valence-corrected chi connectivity index (χ1v) is 7.01. The Morgan fingerprint density at radius 2 is 2.40 bits per heavy atom. The number of aromatic nitrogens is 2. The smallest absolute Gasteiger partial charge is 0.358 e. The van der Waals surface area contributed by atoms with Gasteiger partial charge in [-0.3, -0.25) is 10.2 Å². The molecule has 0 aliphatic heterocycles. The molecule has 0 aliphatic rings. The van der Waals surface area contributed by atoms with Crippen LogP contribution in [0.2, 0.25) is 0 Å². The molecule has 2 aromatic heterocycles. The Hall–Kier alpha value is -1.78. The van der Waals surface area contributed by atoms with Crippen molar-refractivity contribution in [3.05, 3.63) is 42.2 Å². The van der Waals surface area contributed by atoms with Crippen LogP contribution in [0.1, 0.15) is 20.1 Å². The SMILES string of the molecule is Cc1sc(C(=O)NN)cc1Cn1cc(Br)c([N+](=O)[O-])n1. The van der Waals surface area contributed by atoms with E-state index in [1.54, 1.807) is 6.07 Å². The van der Waals surface area contributed by atoms with E-state index >= 15 is 0 Å². The molecule has 0 saturated heterocycles. The van der Waals surface area contributed by atoms with Crippen LogP contribution in [-0.2, 0) is 6.54 Å². The zero-order valence-corrected chi connectivity index (χ0v) is 12.7. The minimum Gasteiger partial charge on any atom is -0.358 e. The van der Waals surface area contributed by atoms with Gasteiger partial charge in [-0.1, -0.05) is 0 Å². The van der Waals surface area contributed by atoms with Gasteiger partial charge in [0.25, 0.3) is 5.91 Å². The molecule has 8 nitrogen and oxygen atoms in total. The molecule has 2 aromatic rings. The van der Waals surface area contributed by atoms with Gasteiger partial charge in [-0.25, -0.2) is 5.84 Å². The molecule has 106 valence electrons. The van der Waals surface area contributed by atoms with E-state index in [1.807, 2.05) is 6.92 Å². The molecule has 0 atom stereocenters. The summed E-state index contributed by atoms with van der Waals surface area (Å²) >= 11 is 4.39. The number of nitro groups is 1. The van der Waals surface area contributed by atoms with E-state index < -0.39 is 4.92 Å². The van der Waals surface area contributed by atoms with E-state index in [0.717, 1.165) is 10.4 Å². The number of rotatable bonds is 4. The second kappa shape index (κ2) is 5.69.